The monoisotopic (exact) mass is 796 g/mol. The summed E-state index contributed by atoms with van der Waals surface area (Å²) in [6.45, 7) is 10.6. The van der Waals surface area contributed by atoms with Gasteiger partial charge in [0.1, 0.15) is 48.2 Å². The summed E-state index contributed by atoms with van der Waals surface area (Å²) in [4.78, 5) is 2.30. The van der Waals surface area contributed by atoms with Gasteiger partial charge in [-0.2, -0.15) is 0 Å². The smallest absolute Gasteiger partial charge is 0.155 e. The molecule has 5 aromatic carbocycles. The lowest BCUT2D eigenvalue weighted by Gasteiger charge is -2.30. The van der Waals surface area contributed by atoms with Crippen LogP contribution in [0.25, 0.3) is 33.1 Å². The lowest BCUT2D eigenvalue weighted by Crippen LogP contribution is -2.24. The third kappa shape index (κ3) is 7.20. The molecule has 3 aliphatic heterocycles. The highest BCUT2D eigenvalue weighted by molar-refractivity contribution is 7.69. The molecule has 4 atom stereocenters. The summed E-state index contributed by atoms with van der Waals surface area (Å²) in [5.41, 5.74) is 8.18. The average Bonchev–Trinajstić information content (AvgIpc) is 4.22. The molecule has 4 aliphatic rings. The van der Waals surface area contributed by atoms with Gasteiger partial charge in [-0.25, -0.2) is 0 Å². The quantitative estimate of drug-likeness (QED) is 0.0857. The molecule has 294 valence electrons. The summed E-state index contributed by atoms with van der Waals surface area (Å²) in [5, 5.41) is 4.01. The van der Waals surface area contributed by atoms with Crippen LogP contribution in [0.4, 0.5) is 17.1 Å². The lowest BCUT2D eigenvalue weighted by molar-refractivity contribution is 0.262. The summed E-state index contributed by atoms with van der Waals surface area (Å²) in [6.07, 6.45) is 17.0. The van der Waals surface area contributed by atoms with Crippen molar-refractivity contribution in [3.05, 3.63) is 176 Å². The van der Waals surface area contributed by atoms with E-state index in [-0.39, 0.29) is 18.1 Å². The highest BCUT2D eigenvalue weighted by atomic mass is 31.1. The number of rotatable bonds is 13. The van der Waals surface area contributed by atoms with Crippen molar-refractivity contribution in [3.8, 4) is 11.5 Å². The number of fused-ring (bicyclic) bond motifs is 4. The molecule has 0 N–H and O–H groups in total. The molecular formula is C51H45N2O5P. The third-order valence-electron chi connectivity index (χ3n) is 11.0. The van der Waals surface area contributed by atoms with Crippen molar-refractivity contribution in [2.45, 2.75) is 26.1 Å². The predicted molar refractivity (Wildman–Crippen MR) is 242 cm³/mol. The molecule has 8 heteroatoms. The molecule has 7 nitrogen and oxygen atoms in total. The fourth-order valence-corrected chi connectivity index (χ4v) is 9.99. The van der Waals surface area contributed by atoms with Crippen LogP contribution in [0, 0.1) is 5.92 Å². The summed E-state index contributed by atoms with van der Waals surface area (Å²) in [5.74, 6) is 2.57. The van der Waals surface area contributed by atoms with Gasteiger partial charge in [-0.3, -0.25) is 0 Å². The standard InChI is InChI=1S/C51H45N2O5P/c1-4-15-45-41(5-2)42-22-12-13-23-47(42)59(58-45)48-29-46(56-32-39-30-54-39)50-49(51(48)57-33-40-31-55-40)43-28-38(26-27-44(43)53(50)37-21-14-16-34(3)24-25-37)52(35-17-8-6-9-18-35)36-19-10-7-11-20-36/h4-29,34,39-40H,2,30-33H2,1,3H3/b15-4-. The van der Waals surface area contributed by atoms with Crippen molar-refractivity contribution < 1.29 is 23.5 Å². The van der Waals surface area contributed by atoms with E-state index >= 15 is 0 Å². The van der Waals surface area contributed by atoms with E-state index in [1.54, 1.807) is 0 Å². The maximum absolute atomic E-state index is 7.14. The minimum atomic E-state index is -1.45. The number of hydrogen-bond acceptors (Lipinski definition) is 6. The lowest BCUT2D eigenvalue weighted by atomic mass is 10.0. The Kier molecular flexibility index (Phi) is 10.0. The first kappa shape index (κ1) is 37.2. The van der Waals surface area contributed by atoms with Crippen molar-refractivity contribution in [1.82, 2.24) is 4.57 Å². The Bertz CT molecular complexity index is 2680. The maximum atomic E-state index is 7.14. The van der Waals surface area contributed by atoms with Crippen LogP contribution in [-0.2, 0) is 14.0 Å². The molecule has 0 saturated carbocycles. The summed E-state index contributed by atoms with van der Waals surface area (Å²) >= 11 is 0. The van der Waals surface area contributed by atoms with Crippen molar-refractivity contribution >= 4 is 68.9 Å². The first-order valence-corrected chi connectivity index (χ1v) is 21.5. The molecule has 1 aromatic heterocycles. The molecule has 0 spiro atoms. The molecule has 6 aromatic rings. The second-order valence-corrected chi connectivity index (χ2v) is 16.8. The Hall–Kier alpha value is -6.11. The van der Waals surface area contributed by atoms with Gasteiger partial charge in [0.25, 0.3) is 0 Å². The van der Waals surface area contributed by atoms with Crippen LogP contribution >= 0.6 is 8.15 Å². The van der Waals surface area contributed by atoms with E-state index in [2.05, 4.69) is 163 Å². The number of ether oxygens (including phenoxy) is 4. The zero-order valence-corrected chi connectivity index (χ0v) is 34.1. The van der Waals surface area contributed by atoms with Gasteiger partial charge in [0.05, 0.1) is 29.4 Å². The highest BCUT2D eigenvalue weighted by Gasteiger charge is 2.36. The molecule has 0 radical (unpaired) electrons. The average molecular weight is 797 g/mol. The number of anilines is 3. The zero-order chi connectivity index (χ0) is 39.9. The first-order chi connectivity index (χ1) is 29.1. The minimum Gasteiger partial charge on any atom is -0.489 e. The zero-order valence-electron chi connectivity index (χ0n) is 33.2. The maximum Gasteiger partial charge on any atom is 0.155 e. The first-order valence-electron chi connectivity index (χ1n) is 20.3. The predicted octanol–water partition coefficient (Wildman–Crippen LogP) is 11.3. The minimum absolute atomic E-state index is 0.0220. The van der Waals surface area contributed by atoms with E-state index in [1.165, 1.54) is 0 Å². The number of para-hydroxylation sites is 2. The van der Waals surface area contributed by atoms with Crippen LogP contribution in [0.15, 0.2) is 170 Å². The number of nitrogens with zero attached hydrogens (tertiary/aromatic N) is 2. The van der Waals surface area contributed by atoms with Gasteiger partial charge in [0.15, 0.2) is 8.15 Å². The number of aromatic nitrogens is 1. The van der Waals surface area contributed by atoms with Crippen LogP contribution in [0.2, 0.25) is 0 Å². The van der Waals surface area contributed by atoms with Crippen molar-refractivity contribution in [2.24, 2.45) is 5.92 Å². The molecule has 10 rings (SSSR count). The second-order valence-electron chi connectivity index (χ2n) is 15.1. The number of allylic oxidation sites excluding steroid dienone is 10. The van der Waals surface area contributed by atoms with E-state index in [0.717, 1.165) is 83.6 Å². The molecular weight excluding hydrogens is 752 g/mol. The molecule has 0 amide bonds. The number of hydrogen-bond donors (Lipinski definition) is 0. The fraction of sp³-hybridized carbons (Fsp3) is 0.176. The van der Waals surface area contributed by atoms with Crippen molar-refractivity contribution in [2.75, 3.05) is 31.3 Å². The van der Waals surface area contributed by atoms with Crippen LogP contribution in [0.5, 0.6) is 11.5 Å². The Morgan fingerprint density at radius 2 is 1.51 bits per heavy atom. The molecule has 4 unspecified atom stereocenters. The molecule has 2 fully saturated rings. The van der Waals surface area contributed by atoms with E-state index < -0.39 is 8.15 Å². The number of epoxide rings is 2. The Balaban J connectivity index is 1.30. The van der Waals surface area contributed by atoms with Gasteiger partial charge in [-0.05, 0) is 85.2 Å². The third-order valence-corrected chi connectivity index (χ3v) is 12.9. The topological polar surface area (TPSA) is 60.9 Å². The molecule has 1 aliphatic carbocycles. The van der Waals surface area contributed by atoms with E-state index in [4.69, 9.17) is 23.5 Å². The van der Waals surface area contributed by atoms with Gasteiger partial charge >= 0.3 is 0 Å². The molecule has 2 saturated heterocycles. The van der Waals surface area contributed by atoms with Gasteiger partial charge in [-0.1, -0.05) is 105 Å². The highest BCUT2D eigenvalue weighted by Crippen LogP contribution is 2.53. The molecule has 4 heterocycles. The van der Waals surface area contributed by atoms with Gasteiger partial charge in [0, 0.05) is 39.0 Å². The summed E-state index contributed by atoms with van der Waals surface area (Å²) < 4.78 is 34.9. The SMILES string of the molecule is C=CC1=C(/C=C\C)OP(c2cc(OCC3CO3)c3c(c2OCC2CO2)c2cc(N(c4ccccc4)c4ccccc4)ccc2n3C2=CC=CC(C)C=C2)c2ccccc21. The van der Waals surface area contributed by atoms with Crippen LogP contribution in [0.1, 0.15) is 19.4 Å². The van der Waals surface area contributed by atoms with Crippen LogP contribution in [-0.4, -0.2) is 43.2 Å². The van der Waals surface area contributed by atoms with Crippen molar-refractivity contribution in [3.63, 3.8) is 0 Å². The van der Waals surface area contributed by atoms with Gasteiger partial charge in [0.2, 0.25) is 0 Å². The molecule has 0 bridgehead atoms. The number of benzene rings is 5. The largest absolute Gasteiger partial charge is 0.489 e. The Labute approximate surface area is 346 Å². The van der Waals surface area contributed by atoms with E-state index in [9.17, 15) is 0 Å². The second kappa shape index (κ2) is 15.9. The van der Waals surface area contributed by atoms with E-state index in [1.807, 2.05) is 25.2 Å². The summed E-state index contributed by atoms with van der Waals surface area (Å²) in [6, 6.07) is 38.4. The normalized spacial score (nSPS) is 20.6. The van der Waals surface area contributed by atoms with Crippen molar-refractivity contribution in [1.29, 1.82) is 0 Å². The Morgan fingerprint density at radius 1 is 0.814 bits per heavy atom. The van der Waals surface area contributed by atoms with Crippen LogP contribution in [0.3, 0.4) is 0 Å². The summed E-state index contributed by atoms with van der Waals surface area (Å²) in [7, 11) is -1.45. The van der Waals surface area contributed by atoms with Crippen LogP contribution < -0.4 is 25.0 Å². The van der Waals surface area contributed by atoms with Gasteiger partial charge < -0.3 is 32.9 Å². The molecule has 59 heavy (non-hydrogen) atoms. The fourth-order valence-electron chi connectivity index (χ4n) is 7.95. The van der Waals surface area contributed by atoms with Gasteiger partial charge in [-0.15, -0.1) is 0 Å². The van der Waals surface area contributed by atoms with E-state index in [0.29, 0.717) is 26.4 Å². The Morgan fingerprint density at radius 3 is 2.20 bits per heavy atom.